The second-order valence-corrected chi connectivity index (χ2v) is 8.77. The number of nitrogens with two attached hydrogens (primary N) is 1. The monoisotopic (exact) mass is 328 g/mol. The van der Waals surface area contributed by atoms with Crippen molar-refractivity contribution in [2.24, 2.45) is 5.73 Å². The SMILES string of the molecule is CCSC1CCC(NS(=O)(=O)c2cc(CN)ccc2C)C1. The topological polar surface area (TPSA) is 72.2 Å². The van der Waals surface area contributed by atoms with E-state index in [-0.39, 0.29) is 6.04 Å². The van der Waals surface area contributed by atoms with Gasteiger partial charge in [-0.3, -0.25) is 0 Å². The van der Waals surface area contributed by atoms with Gasteiger partial charge < -0.3 is 5.73 Å². The summed E-state index contributed by atoms with van der Waals surface area (Å²) in [5.74, 6) is 1.09. The van der Waals surface area contributed by atoms with Crippen molar-refractivity contribution >= 4 is 21.8 Å². The van der Waals surface area contributed by atoms with Crippen molar-refractivity contribution < 1.29 is 8.42 Å². The highest BCUT2D eigenvalue weighted by atomic mass is 32.2. The van der Waals surface area contributed by atoms with E-state index in [0.29, 0.717) is 16.7 Å². The van der Waals surface area contributed by atoms with E-state index in [1.54, 1.807) is 6.07 Å². The molecule has 0 heterocycles. The van der Waals surface area contributed by atoms with Crippen LogP contribution in [0.1, 0.15) is 37.3 Å². The van der Waals surface area contributed by atoms with E-state index >= 15 is 0 Å². The Kier molecular flexibility index (Phi) is 5.71. The smallest absolute Gasteiger partial charge is 0.241 e. The quantitative estimate of drug-likeness (QED) is 0.841. The molecule has 21 heavy (non-hydrogen) atoms. The maximum atomic E-state index is 12.6. The molecular weight excluding hydrogens is 304 g/mol. The fourth-order valence-electron chi connectivity index (χ4n) is 2.78. The lowest BCUT2D eigenvalue weighted by molar-refractivity contribution is 0.552. The van der Waals surface area contributed by atoms with Gasteiger partial charge in [-0.05, 0) is 49.1 Å². The van der Waals surface area contributed by atoms with Gasteiger partial charge in [0.2, 0.25) is 10.0 Å². The lowest BCUT2D eigenvalue weighted by Gasteiger charge is -2.15. The van der Waals surface area contributed by atoms with Gasteiger partial charge >= 0.3 is 0 Å². The van der Waals surface area contributed by atoms with Gasteiger partial charge in [0, 0.05) is 17.8 Å². The molecule has 0 bridgehead atoms. The minimum Gasteiger partial charge on any atom is -0.326 e. The van der Waals surface area contributed by atoms with Crippen LogP contribution < -0.4 is 10.5 Å². The zero-order valence-corrected chi connectivity index (χ0v) is 14.3. The van der Waals surface area contributed by atoms with Gasteiger partial charge in [-0.25, -0.2) is 13.1 Å². The van der Waals surface area contributed by atoms with Crippen LogP contribution in [-0.2, 0) is 16.6 Å². The summed E-state index contributed by atoms with van der Waals surface area (Å²) in [7, 11) is -3.46. The Morgan fingerprint density at radius 1 is 1.38 bits per heavy atom. The van der Waals surface area contributed by atoms with E-state index in [9.17, 15) is 8.42 Å². The van der Waals surface area contributed by atoms with Crippen LogP contribution in [0, 0.1) is 6.92 Å². The molecule has 1 aromatic carbocycles. The van der Waals surface area contributed by atoms with Gasteiger partial charge in [0.05, 0.1) is 4.90 Å². The normalized spacial score (nSPS) is 22.6. The summed E-state index contributed by atoms with van der Waals surface area (Å²) in [6, 6.07) is 5.43. The number of hydrogen-bond donors (Lipinski definition) is 2. The zero-order chi connectivity index (χ0) is 15.5. The second-order valence-electron chi connectivity index (χ2n) is 5.51. The van der Waals surface area contributed by atoms with Gasteiger partial charge in [0.1, 0.15) is 0 Å². The number of nitrogens with one attached hydrogen (secondary N) is 1. The van der Waals surface area contributed by atoms with E-state index in [2.05, 4.69) is 11.6 Å². The van der Waals surface area contributed by atoms with Gasteiger partial charge in [-0.15, -0.1) is 0 Å². The lowest BCUT2D eigenvalue weighted by Crippen LogP contribution is -2.33. The average Bonchev–Trinajstić information content (AvgIpc) is 2.86. The third-order valence-corrected chi connectivity index (χ3v) is 6.78. The Morgan fingerprint density at radius 2 is 2.14 bits per heavy atom. The summed E-state index contributed by atoms with van der Waals surface area (Å²) >= 11 is 1.92. The maximum absolute atomic E-state index is 12.6. The average molecular weight is 329 g/mol. The highest BCUT2D eigenvalue weighted by molar-refractivity contribution is 7.99. The number of sulfonamides is 1. The number of aryl methyl sites for hydroxylation is 1. The molecule has 0 aromatic heterocycles. The van der Waals surface area contributed by atoms with Crippen molar-refractivity contribution in [3.8, 4) is 0 Å². The van der Waals surface area contributed by atoms with E-state index in [1.807, 2.05) is 30.8 Å². The highest BCUT2D eigenvalue weighted by Gasteiger charge is 2.29. The Bertz CT molecular complexity index is 587. The minimum atomic E-state index is -3.46. The molecule has 1 aromatic rings. The van der Waals surface area contributed by atoms with Gasteiger partial charge in [-0.2, -0.15) is 11.8 Å². The summed E-state index contributed by atoms with van der Waals surface area (Å²) in [6.07, 6.45) is 2.94. The van der Waals surface area contributed by atoms with Crippen LogP contribution in [0.3, 0.4) is 0 Å². The molecule has 1 aliphatic carbocycles. The first-order valence-corrected chi connectivity index (χ1v) is 9.93. The van der Waals surface area contributed by atoms with Crippen molar-refractivity contribution in [3.05, 3.63) is 29.3 Å². The van der Waals surface area contributed by atoms with Crippen molar-refractivity contribution in [1.29, 1.82) is 0 Å². The predicted molar refractivity (Wildman–Crippen MR) is 89.0 cm³/mol. The molecule has 0 spiro atoms. The van der Waals surface area contributed by atoms with Crippen molar-refractivity contribution in [3.63, 3.8) is 0 Å². The van der Waals surface area contributed by atoms with E-state index in [0.717, 1.165) is 36.1 Å². The molecule has 0 amide bonds. The van der Waals surface area contributed by atoms with E-state index < -0.39 is 10.0 Å². The molecule has 2 unspecified atom stereocenters. The molecule has 0 radical (unpaired) electrons. The minimum absolute atomic E-state index is 0.0555. The fraction of sp³-hybridized carbons (Fsp3) is 0.600. The Labute approximate surface area is 131 Å². The largest absolute Gasteiger partial charge is 0.326 e. The Balaban J connectivity index is 2.12. The zero-order valence-electron chi connectivity index (χ0n) is 12.6. The molecule has 1 fully saturated rings. The van der Waals surface area contributed by atoms with Crippen LogP contribution in [0.15, 0.2) is 23.1 Å². The molecular formula is C15H24N2O2S2. The van der Waals surface area contributed by atoms with Crippen LogP contribution in [-0.4, -0.2) is 25.5 Å². The summed E-state index contributed by atoms with van der Waals surface area (Å²) in [6.45, 7) is 4.31. The number of thioether (sulfide) groups is 1. The van der Waals surface area contributed by atoms with Crippen LogP contribution in [0.4, 0.5) is 0 Å². The van der Waals surface area contributed by atoms with Crippen molar-refractivity contribution in [2.45, 2.75) is 55.8 Å². The summed E-state index contributed by atoms with van der Waals surface area (Å²) in [5.41, 5.74) is 7.21. The summed E-state index contributed by atoms with van der Waals surface area (Å²) in [4.78, 5) is 0.358. The fourth-order valence-corrected chi connectivity index (χ4v) is 5.50. The van der Waals surface area contributed by atoms with Gasteiger partial charge in [0.15, 0.2) is 0 Å². The van der Waals surface area contributed by atoms with Crippen LogP contribution >= 0.6 is 11.8 Å². The number of hydrogen-bond acceptors (Lipinski definition) is 4. The van der Waals surface area contributed by atoms with Crippen molar-refractivity contribution in [1.82, 2.24) is 4.72 Å². The number of benzene rings is 1. The molecule has 2 atom stereocenters. The molecule has 6 heteroatoms. The van der Waals surface area contributed by atoms with Crippen LogP contribution in [0.25, 0.3) is 0 Å². The summed E-state index contributed by atoms with van der Waals surface area (Å²) in [5, 5.41) is 0.583. The first kappa shape index (κ1) is 16.8. The molecule has 0 aliphatic heterocycles. The first-order chi connectivity index (χ1) is 9.96. The predicted octanol–water partition coefficient (Wildman–Crippen LogP) is 2.41. The highest BCUT2D eigenvalue weighted by Crippen LogP contribution is 2.30. The van der Waals surface area contributed by atoms with Crippen molar-refractivity contribution in [2.75, 3.05) is 5.75 Å². The number of rotatable bonds is 6. The molecule has 3 N–H and O–H groups in total. The molecule has 1 aliphatic rings. The van der Waals surface area contributed by atoms with Gasteiger partial charge in [0.25, 0.3) is 0 Å². The summed E-state index contributed by atoms with van der Waals surface area (Å²) < 4.78 is 28.0. The first-order valence-electron chi connectivity index (χ1n) is 7.39. The van der Waals surface area contributed by atoms with Crippen LogP contribution in [0.2, 0.25) is 0 Å². The van der Waals surface area contributed by atoms with E-state index in [1.165, 1.54) is 0 Å². The van der Waals surface area contributed by atoms with E-state index in [4.69, 9.17) is 5.73 Å². The third kappa shape index (κ3) is 4.22. The third-order valence-electron chi connectivity index (χ3n) is 3.89. The lowest BCUT2D eigenvalue weighted by atomic mass is 10.1. The van der Waals surface area contributed by atoms with Crippen LogP contribution in [0.5, 0.6) is 0 Å². The molecule has 1 saturated carbocycles. The second kappa shape index (κ2) is 7.13. The molecule has 2 rings (SSSR count). The molecule has 118 valence electrons. The maximum Gasteiger partial charge on any atom is 0.241 e. The molecule has 4 nitrogen and oxygen atoms in total. The Morgan fingerprint density at radius 3 is 2.81 bits per heavy atom. The Hall–Kier alpha value is -0.560. The van der Waals surface area contributed by atoms with Gasteiger partial charge in [-0.1, -0.05) is 19.1 Å². The standard InChI is InChI=1S/C15H24N2O2S2/c1-3-20-14-7-6-13(9-14)17-21(18,19)15-8-12(10-16)5-4-11(15)2/h4-5,8,13-14,17H,3,6-7,9-10,16H2,1-2H3. The molecule has 0 saturated heterocycles.